The van der Waals surface area contributed by atoms with Crippen molar-refractivity contribution in [3.05, 3.63) is 0 Å². The van der Waals surface area contributed by atoms with Gasteiger partial charge in [0.2, 0.25) is 0 Å². The lowest BCUT2D eigenvalue weighted by molar-refractivity contribution is -0.153. The Bertz CT molecular complexity index is 196. The molecule has 1 heterocycles. The summed E-state index contributed by atoms with van der Waals surface area (Å²) >= 11 is 2.37. The SMILES string of the molecule is CCCC[C@H]1O[C@H](C(=O)OC)C[C@@H]1I. The van der Waals surface area contributed by atoms with Gasteiger partial charge in [-0.3, -0.25) is 0 Å². The van der Waals surface area contributed by atoms with E-state index >= 15 is 0 Å². The average Bonchev–Trinajstić information content (AvgIpc) is 2.56. The molecule has 1 saturated heterocycles. The zero-order chi connectivity index (χ0) is 10.6. The zero-order valence-electron chi connectivity index (χ0n) is 8.66. The quantitative estimate of drug-likeness (QED) is 0.454. The summed E-state index contributed by atoms with van der Waals surface area (Å²) in [5, 5.41) is 0. The minimum Gasteiger partial charge on any atom is -0.467 e. The number of halogens is 1. The molecule has 0 bridgehead atoms. The Kier molecular flexibility index (Phi) is 5.15. The topological polar surface area (TPSA) is 35.5 Å². The third-order valence-corrected chi connectivity index (χ3v) is 3.80. The lowest BCUT2D eigenvalue weighted by atomic mass is 10.1. The molecule has 0 N–H and O–H groups in total. The Hall–Kier alpha value is 0.160. The van der Waals surface area contributed by atoms with Gasteiger partial charge in [0, 0.05) is 3.92 Å². The van der Waals surface area contributed by atoms with Crippen LogP contribution in [0.25, 0.3) is 0 Å². The van der Waals surface area contributed by atoms with Crippen molar-refractivity contribution in [2.75, 3.05) is 7.11 Å². The van der Waals surface area contributed by atoms with Gasteiger partial charge in [0.1, 0.15) is 0 Å². The van der Waals surface area contributed by atoms with Crippen LogP contribution in [0.5, 0.6) is 0 Å². The average molecular weight is 312 g/mol. The van der Waals surface area contributed by atoms with Gasteiger partial charge >= 0.3 is 5.97 Å². The van der Waals surface area contributed by atoms with Crippen molar-refractivity contribution >= 4 is 28.6 Å². The van der Waals surface area contributed by atoms with Crippen LogP contribution in [0.1, 0.15) is 32.6 Å². The van der Waals surface area contributed by atoms with Crippen molar-refractivity contribution in [2.45, 2.75) is 48.7 Å². The number of rotatable bonds is 4. The highest BCUT2D eigenvalue weighted by Crippen LogP contribution is 2.30. The number of hydrogen-bond acceptors (Lipinski definition) is 3. The first kappa shape index (κ1) is 12.2. The van der Waals surface area contributed by atoms with E-state index in [1.54, 1.807) is 0 Å². The standard InChI is InChI=1S/C10H17IO3/c1-3-4-5-8-7(11)6-9(14-8)10(12)13-2/h7-9H,3-6H2,1-2H3/t7-,8+,9-/m0/s1. The molecule has 4 heteroatoms. The van der Waals surface area contributed by atoms with Crippen molar-refractivity contribution < 1.29 is 14.3 Å². The summed E-state index contributed by atoms with van der Waals surface area (Å²) in [6.07, 6.45) is 4.09. The molecule has 0 aliphatic carbocycles. The first-order valence-electron chi connectivity index (χ1n) is 5.06. The lowest BCUT2D eigenvalue weighted by Gasteiger charge is -2.13. The van der Waals surface area contributed by atoms with E-state index in [-0.39, 0.29) is 18.2 Å². The van der Waals surface area contributed by atoms with Crippen molar-refractivity contribution in [3.8, 4) is 0 Å². The Morgan fingerprint density at radius 1 is 1.64 bits per heavy atom. The van der Waals surface area contributed by atoms with Gasteiger partial charge in [-0.05, 0) is 12.8 Å². The molecule has 0 saturated carbocycles. The summed E-state index contributed by atoms with van der Waals surface area (Å²) in [7, 11) is 1.41. The maximum absolute atomic E-state index is 11.2. The minimum absolute atomic E-state index is 0.231. The van der Waals surface area contributed by atoms with E-state index in [2.05, 4.69) is 34.3 Å². The van der Waals surface area contributed by atoms with Crippen LogP contribution in [-0.4, -0.2) is 29.2 Å². The van der Waals surface area contributed by atoms with Gasteiger partial charge in [0.25, 0.3) is 0 Å². The highest BCUT2D eigenvalue weighted by molar-refractivity contribution is 14.1. The summed E-state index contributed by atoms with van der Waals surface area (Å²) in [5.74, 6) is -0.231. The molecule has 1 aliphatic rings. The Balaban J connectivity index is 2.39. The third kappa shape index (κ3) is 3.08. The molecule has 3 atom stereocenters. The normalized spacial score (nSPS) is 31.8. The predicted octanol–water partition coefficient (Wildman–Crippen LogP) is 2.31. The number of ether oxygens (including phenoxy) is 2. The maximum Gasteiger partial charge on any atom is 0.335 e. The molecule has 0 amide bonds. The Morgan fingerprint density at radius 3 is 2.93 bits per heavy atom. The number of carbonyl (C=O) groups excluding carboxylic acids is 1. The van der Waals surface area contributed by atoms with Crippen LogP contribution in [0, 0.1) is 0 Å². The van der Waals surface area contributed by atoms with Crippen LogP contribution in [-0.2, 0) is 14.3 Å². The van der Waals surface area contributed by atoms with E-state index in [4.69, 9.17) is 4.74 Å². The van der Waals surface area contributed by atoms with Crippen LogP contribution in [0.4, 0.5) is 0 Å². The predicted molar refractivity (Wildman–Crippen MR) is 62.6 cm³/mol. The summed E-state index contributed by atoms with van der Waals surface area (Å²) in [5.41, 5.74) is 0. The number of methoxy groups -OCH3 is 1. The summed E-state index contributed by atoms with van der Waals surface area (Å²) in [6.45, 7) is 2.16. The van der Waals surface area contributed by atoms with Crippen molar-refractivity contribution in [1.82, 2.24) is 0 Å². The fourth-order valence-electron chi connectivity index (χ4n) is 1.65. The van der Waals surface area contributed by atoms with Gasteiger partial charge in [-0.25, -0.2) is 4.79 Å². The molecule has 1 aliphatic heterocycles. The van der Waals surface area contributed by atoms with E-state index in [1.807, 2.05) is 0 Å². The van der Waals surface area contributed by atoms with Crippen LogP contribution >= 0.6 is 22.6 Å². The second-order valence-corrected chi connectivity index (χ2v) is 5.18. The molecule has 0 aromatic heterocycles. The first-order chi connectivity index (χ1) is 6.69. The molecule has 0 aromatic carbocycles. The molecule has 0 unspecified atom stereocenters. The lowest BCUT2D eigenvalue weighted by Crippen LogP contribution is -2.22. The molecule has 1 fully saturated rings. The van der Waals surface area contributed by atoms with Crippen molar-refractivity contribution in [1.29, 1.82) is 0 Å². The fraction of sp³-hybridized carbons (Fsp3) is 0.900. The van der Waals surface area contributed by atoms with Gasteiger partial charge in [0.15, 0.2) is 6.10 Å². The second-order valence-electron chi connectivity index (χ2n) is 3.58. The van der Waals surface area contributed by atoms with Crippen molar-refractivity contribution in [3.63, 3.8) is 0 Å². The molecule has 0 radical (unpaired) electrons. The molecule has 0 aromatic rings. The number of alkyl halides is 1. The van der Waals surface area contributed by atoms with E-state index in [9.17, 15) is 4.79 Å². The largest absolute Gasteiger partial charge is 0.467 e. The highest BCUT2D eigenvalue weighted by Gasteiger charge is 2.37. The van der Waals surface area contributed by atoms with Crippen LogP contribution in [0.3, 0.4) is 0 Å². The van der Waals surface area contributed by atoms with Crippen LogP contribution < -0.4 is 0 Å². The molecular formula is C10H17IO3. The van der Waals surface area contributed by atoms with Crippen LogP contribution in [0.15, 0.2) is 0 Å². The molecule has 14 heavy (non-hydrogen) atoms. The minimum atomic E-state index is -0.330. The monoisotopic (exact) mass is 312 g/mol. The van der Waals surface area contributed by atoms with E-state index < -0.39 is 0 Å². The zero-order valence-corrected chi connectivity index (χ0v) is 10.8. The maximum atomic E-state index is 11.2. The Morgan fingerprint density at radius 2 is 2.36 bits per heavy atom. The number of esters is 1. The number of unbranched alkanes of at least 4 members (excludes halogenated alkanes) is 1. The molecule has 3 nitrogen and oxygen atoms in total. The van der Waals surface area contributed by atoms with Gasteiger partial charge in [-0.15, -0.1) is 0 Å². The molecule has 0 spiro atoms. The van der Waals surface area contributed by atoms with Crippen molar-refractivity contribution in [2.24, 2.45) is 0 Å². The first-order valence-corrected chi connectivity index (χ1v) is 6.31. The smallest absolute Gasteiger partial charge is 0.335 e. The van der Waals surface area contributed by atoms with E-state index in [0.717, 1.165) is 19.3 Å². The van der Waals surface area contributed by atoms with E-state index in [0.29, 0.717) is 3.92 Å². The molecule has 82 valence electrons. The molecule has 1 rings (SSSR count). The third-order valence-electron chi connectivity index (χ3n) is 2.49. The van der Waals surface area contributed by atoms with Gasteiger partial charge in [-0.1, -0.05) is 42.4 Å². The van der Waals surface area contributed by atoms with Gasteiger partial charge in [-0.2, -0.15) is 0 Å². The summed E-state index contributed by atoms with van der Waals surface area (Å²) in [4.78, 5) is 11.2. The molecular weight excluding hydrogens is 295 g/mol. The summed E-state index contributed by atoms with van der Waals surface area (Å²) in [6, 6.07) is 0. The fourth-order valence-corrected chi connectivity index (χ4v) is 2.64. The van der Waals surface area contributed by atoms with Gasteiger partial charge < -0.3 is 9.47 Å². The van der Waals surface area contributed by atoms with Crippen LogP contribution in [0.2, 0.25) is 0 Å². The Labute approximate surface area is 98.7 Å². The number of hydrogen-bond donors (Lipinski definition) is 0. The van der Waals surface area contributed by atoms with Gasteiger partial charge in [0.05, 0.1) is 13.2 Å². The summed E-state index contributed by atoms with van der Waals surface area (Å²) < 4.78 is 10.8. The number of carbonyl (C=O) groups is 1. The van der Waals surface area contributed by atoms with E-state index in [1.165, 1.54) is 13.5 Å². The highest BCUT2D eigenvalue weighted by atomic mass is 127. The second kappa shape index (κ2) is 5.90.